The number of alkyl halides is 1. The predicted octanol–water partition coefficient (Wildman–Crippen LogP) is 2.41. The highest BCUT2D eigenvalue weighted by Crippen LogP contribution is 2.15. The molecule has 0 amide bonds. The number of ketones is 1. The molecule has 0 saturated carbocycles. The highest BCUT2D eigenvalue weighted by Gasteiger charge is 2.15. The third-order valence-corrected chi connectivity index (χ3v) is 2.09. The molecule has 0 unspecified atom stereocenters. The molecule has 1 aromatic carbocycles. The van der Waals surface area contributed by atoms with Crippen molar-refractivity contribution in [1.29, 1.82) is 5.26 Å². The summed E-state index contributed by atoms with van der Waals surface area (Å²) in [5, 5.41) is 8.36. The van der Waals surface area contributed by atoms with Crippen LogP contribution in [-0.4, -0.2) is 11.1 Å². The Morgan fingerprint density at radius 2 is 2.14 bits per heavy atom. The lowest BCUT2D eigenvalue weighted by Gasteiger charge is -2.01. The van der Waals surface area contributed by atoms with Crippen molar-refractivity contribution < 1.29 is 13.6 Å². The standard InChI is InChI=1S/C9H4BrF2NO/c10-3-8(14)6-1-5(4-13)2-7(11)9(6)12/h1-2H,3H2. The number of carbonyl (C=O) groups is 1. The Balaban J connectivity index is 3.36. The van der Waals surface area contributed by atoms with Crippen LogP contribution in [0.2, 0.25) is 0 Å². The Kier molecular flexibility index (Phi) is 3.31. The summed E-state index contributed by atoms with van der Waals surface area (Å²) in [4.78, 5) is 11.1. The summed E-state index contributed by atoms with van der Waals surface area (Å²) in [5.41, 5.74) is -0.480. The van der Waals surface area contributed by atoms with E-state index in [2.05, 4.69) is 15.9 Å². The first-order chi connectivity index (χ1) is 6.60. The fourth-order valence-electron chi connectivity index (χ4n) is 0.929. The van der Waals surface area contributed by atoms with Crippen molar-refractivity contribution in [2.45, 2.75) is 0 Å². The fourth-order valence-corrected chi connectivity index (χ4v) is 1.23. The van der Waals surface area contributed by atoms with E-state index in [1.54, 1.807) is 6.07 Å². The summed E-state index contributed by atoms with van der Waals surface area (Å²) in [6.07, 6.45) is 0. The molecule has 0 radical (unpaired) electrons. The Morgan fingerprint density at radius 1 is 1.50 bits per heavy atom. The van der Waals surface area contributed by atoms with Crippen LogP contribution in [0.1, 0.15) is 15.9 Å². The normalized spacial score (nSPS) is 9.57. The molecule has 2 nitrogen and oxygen atoms in total. The van der Waals surface area contributed by atoms with Crippen LogP contribution in [0, 0.1) is 23.0 Å². The summed E-state index contributed by atoms with van der Waals surface area (Å²) in [7, 11) is 0. The van der Waals surface area contributed by atoms with Crippen molar-refractivity contribution in [2.24, 2.45) is 0 Å². The van der Waals surface area contributed by atoms with E-state index in [1.165, 1.54) is 0 Å². The smallest absolute Gasteiger partial charge is 0.176 e. The number of carbonyl (C=O) groups excluding carboxylic acids is 1. The number of benzene rings is 1. The van der Waals surface area contributed by atoms with Crippen LogP contribution in [0.4, 0.5) is 8.78 Å². The first kappa shape index (κ1) is 10.8. The van der Waals surface area contributed by atoms with Gasteiger partial charge in [-0.3, -0.25) is 4.79 Å². The van der Waals surface area contributed by atoms with E-state index >= 15 is 0 Å². The maximum absolute atomic E-state index is 13.0. The number of hydrogen-bond donors (Lipinski definition) is 0. The van der Waals surface area contributed by atoms with Crippen LogP contribution in [0.15, 0.2) is 12.1 Å². The zero-order valence-electron chi connectivity index (χ0n) is 6.85. The summed E-state index contributed by atoms with van der Waals surface area (Å²) in [5.74, 6) is -3.00. The van der Waals surface area contributed by atoms with Gasteiger partial charge in [0.2, 0.25) is 0 Å². The molecule has 0 aliphatic carbocycles. The molecule has 0 heterocycles. The van der Waals surface area contributed by atoms with Crippen LogP contribution in [0.25, 0.3) is 0 Å². The zero-order valence-corrected chi connectivity index (χ0v) is 8.44. The Labute approximate surface area is 87.3 Å². The maximum Gasteiger partial charge on any atom is 0.176 e. The van der Waals surface area contributed by atoms with Crippen LogP contribution >= 0.6 is 15.9 Å². The summed E-state index contributed by atoms with van der Waals surface area (Å²) >= 11 is 2.84. The van der Waals surface area contributed by atoms with Gasteiger partial charge in [-0.1, -0.05) is 15.9 Å². The van der Waals surface area contributed by atoms with Crippen LogP contribution in [-0.2, 0) is 0 Å². The number of nitrogens with zero attached hydrogens (tertiary/aromatic N) is 1. The van der Waals surface area contributed by atoms with Crippen molar-refractivity contribution in [3.63, 3.8) is 0 Å². The molecule has 5 heteroatoms. The summed E-state index contributed by atoms with van der Waals surface area (Å²) in [6.45, 7) is 0. The highest BCUT2D eigenvalue weighted by molar-refractivity contribution is 9.09. The molecule has 0 aliphatic rings. The SMILES string of the molecule is N#Cc1cc(F)c(F)c(C(=O)CBr)c1. The molecule has 72 valence electrons. The predicted molar refractivity (Wildman–Crippen MR) is 49.2 cm³/mol. The van der Waals surface area contributed by atoms with E-state index in [-0.39, 0.29) is 10.9 Å². The van der Waals surface area contributed by atoms with Crippen molar-refractivity contribution >= 4 is 21.7 Å². The number of nitriles is 1. The lowest BCUT2D eigenvalue weighted by atomic mass is 10.1. The third kappa shape index (κ3) is 1.96. The molecule has 0 bridgehead atoms. The zero-order chi connectivity index (χ0) is 10.7. The van der Waals surface area contributed by atoms with E-state index in [0.29, 0.717) is 0 Å². The van der Waals surface area contributed by atoms with Gasteiger partial charge in [-0.2, -0.15) is 5.26 Å². The fraction of sp³-hybridized carbons (Fsp3) is 0.111. The van der Waals surface area contributed by atoms with Crippen LogP contribution < -0.4 is 0 Å². The Bertz CT molecular complexity index is 426. The minimum absolute atomic E-state index is 0.0757. The average molecular weight is 260 g/mol. The van der Waals surface area contributed by atoms with Crippen LogP contribution in [0.3, 0.4) is 0 Å². The molecule has 0 N–H and O–H groups in total. The summed E-state index contributed by atoms with van der Waals surface area (Å²) in [6, 6.07) is 3.42. The Hall–Kier alpha value is -1.28. The second-order valence-corrected chi connectivity index (χ2v) is 3.05. The number of halogens is 3. The number of hydrogen-bond acceptors (Lipinski definition) is 2. The highest BCUT2D eigenvalue weighted by atomic mass is 79.9. The monoisotopic (exact) mass is 259 g/mol. The molecule has 0 aliphatic heterocycles. The first-order valence-corrected chi connectivity index (χ1v) is 4.70. The van der Waals surface area contributed by atoms with E-state index < -0.39 is 23.0 Å². The minimum atomic E-state index is -1.21. The van der Waals surface area contributed by atoms with Crippen molar-refractivity contribution in [1.82, 2.24) is 0 Å². The van der Waals surface area contributed by atoms with E-state index in [4.69, 9.17) is 5.26 Å². The van der Waals surface area contributed by atoms with Gasteiger partial charge < -0.3 is 0 Å². The maximum atomic E-state index is 13.0. The Morgan fingerprint density at radius 3 is 2.64 bits per heavy atom. The van der Waals surface area contributed by atoms with Gasteiger partial charge in [0.25, 0.3) is 0 Å². The third-order valence-electron chi connectivity index (χ3n) is 1.58. The molecule has 0 spiro atoms. The van der Waals surface area contributed by atoms with Gasteiger partial charge in [-0.15, -0.1) is 0 Å². The lowest BCUT2D eigenvalue weighted by Crippen LogP contribution is -2.06. The molecular weight excluding hydrogens is 256 g/mol. The average Bonchev–Trinajstić information content (AvgIpc) is 2.20. The van der Waals surface area contributed by atoms with Gasteiger partial charge in [-0.25, -0.2) is 8.78 Å². The van der Waals surface area contributed by atoms with Gasteiger partial charge in [-0.05, 0) is 12.1 Å². The van der Waals surface area contributed by atoms with Crippen LogP contribution in [0.5, 0.6) is 0 Å². The molecule has 0 aromatic heterocycles. The van der Waals surface area contributed by atoms with Crippen molar-refractivity contribution in [2.75, 3.05) is 5.33 Å². The number of Topliss-reactive ketones (excluding diaryl/α,β-unsaturated/α-hetero) is 1. The lowest BCUT2D eigenvalue weighted by molar-refractivity contribution is 0.101. The molecular formula is C9H4BrF2NO. The van der Waals surface area contributed by atoms with Gasteiger partial charge in [0.05, 0.1) is 22.5 Å². The second-order valence-electron chi connectivity index (χ2n) is 2.49. The van der Waals surface area contributed by atoms with E-state index in [0.717, 1.165) is 12.1 Å². The molecule has 14 heavy (non-hydrogen) atoms. The van der Waals surface area contributed by atoms with Crippen molar-refractivity contribution in [3.8, 4) is 6.07 Å². The van der Waals surface area contributed by atoms with Crippen molar-refractivity contribution in [3.05, 3.63) is 34.9 Å². The number of rotatable bonds is 2. The minimum Gasteiger partial charge on any atom is -0.293 e. The van der Waals surface area contributed by atoms with Gasteiger partial charge in [0, 0.05) is 0 Å². The quantitative estimate of drug-likeness (QED) is 0.605. The molecule has 1 rings (SSSR count). The van der Waals surface area contributed by atoms with Gasteiger partial charge >= 0.3 is 0 Å². The first-order valence-electron chi connectivity index (χ1n) is 3.58. The topological polar surface area (TPSA) is 40.9 Å². The summed E-state index contributed by atoms with van der Waals surface area (Å²) < 4.78 is 25.9. The van der Waals surface area contributed by atoms with E-state index in [9.17, 15) is 13.6 Å². The molecule has 0 saturated heterocycles. The van der Waals surface area contributed by atoms with Gasteiger partial charge in [0.1, 0.15) is 0 Å². The molecule has 0 fully saturated rings. The van der Waals surface area contributed by atoms with Gasteiger partial charge in [0.15, 0.2) is 17.4 Å². The largest absolute Gasteiger partial charge is 0.293 e. The second kappa shape index (κ2) is 4.29. The van der Waals surface area contributed by atoms with E-state index in [1.807, 2.05) is 0 Å². The molecule has 0 atom stereocenters. The molecule has 1 aromatic rings.